The molecular formula is C15H20ClN3O2. The second-order valence-electron chi connectivity index (χ2n) is 5.16. The van der Waals surface area contributed by atoms with Gasteiger partial charge < -0.3 is 10.2 Å². The highest BCUT2D eigenvalue weighted by Gasteiger charge is 2.23. The van der Waals surface area contributed by atoms with E-state index in [1.165, 1.54) is 0 Å². The van der Waals surface area contributed by atoms with Gasteiger partial charge in [-0.3, -0.25) is 14.9 Å². The summed E-state index contributed by atoms with van der Waals surface area (Å²) in [4.78, 5) is 25.8. The van der Waals surface area contributed by atoms with E-state index in [2.05, 4.69) is 10.6 Å². The Morgan fingerprint density at radius 1 is 1.29 bits per heavy atom. The summed E-state index contributed by atoms with van der Waals surface area (Å²) in [5, 5.41) is 6.16. The number of nitrogens with one attached hydrogen (secondary N) is 2. The fraction of sp³-hybridized carbons (Fsp3) is 0.467. The molecule has 0 spiro atoms. The standard InChI is InChI=1S/C15H20ClN3O2/c1-11(15(21)19-8-4-5-9-19)17-10-14(20)18-13-7-3-2-6-12(13)16/h2-3,6-7,11,17H,4-5,8-10H2,1H3,(H,18,20). The van der Waals surface area contributed by atoms with Crippen LogP contribution in [0.3, 0.4) is 0 Å². The van der Waals surface area contributed by atoms with E-state index in [-0.39, 0.29) is 24.4 Å². The van der Waals surface area contributed by atoms with Crippen LogP contribution in [0.1, 0.15) is 19.8 Å². The zero-order valence-corrected chi connectivity index (χ0v) is 12.8. The monoisotopic (exact) mass is 309 g/mol. The quantitative estimate of drug-likeness (QED) is 0.873. The van der Waals surface area contributed by atoms with Crippen molar-refractivity contribution in [3.8, 4) is 0 Å². The fourth-order valence-electron chi connectivity index (χ4n) is 2.30. The lowest BCUT2D eigenvalue weighted by Crippen LogP contribution is -2.45. The van der Waals surface area contributed by atoms with Gasteiger partial charge >= 0.3 is 0 Å². The minimum atomic E-state index is -0.361. The summed E-state index contributed by atoms with van der Waals surface area (Å²) < 4.78 is 0. The van der Waals surface area contributed by atoms with Crippen LogP contribution in [0.4, 0.5) is 5.69 Å². The minimum Gasteiger partial charge on any atom is -0.341 e. The molecule has 1 aromatic carbocycles. The Hall–Kier alpha value is -1.59. The lowest BCUT2D eigenvalue weighted by atomic mass is 10.3. The molecule has 5 nitrogen and oxygen atoms in total. The van der Waals surface area contributed by atoms with E-state index in [0.29, 0.717) is 10.7 Å². The molecule has 2 N–H and O–H groups in total. The summed E-state index contributed by atoms with van der Waals surface area (Å²) in [6.45, 7) is 3.49. The van der Waals surface area contributed by atoms with Gasteiger partial charge in [0.2, 0.25) is 11.8 Å². The average Bonchev–Trinajstić information content (AvgIpc) is 3.00. The van der Waals surface area contributed by atoms with Gasteiger partial charge in [0, 0.05) is 13.1 Å². The van der Waals surface area contributed by atoms with Crippen LogP contribution in [0, 0.1) is 0 Å². The number of carbonyl (C=O) groups excluding carboxylic acids is 2. The largest absolute Gasteiger partial charge is 0.341 e. The molecule has 114 valence electrons. The number of amides is 2. The van der Waals surface area contributed by atoms with Crippen LogP contribution in [0.25, 0.3) is 0 Å². The number of benzene rings is 1. The Morgan fingerprint density at radius 3 is 2.62 bits per heavy atom. The number of para-hydroxylation sites is 1. The number of rotatable bonds is 5. The van der Waals surface area contributed by atoms with Gasteiger partial charge in [-0.25, -0.2) is 0 Å². The molecule has 6 heteroatoms. The van der Waals surface area contributed by atoms with Crippen LogP contribution in [-0.2, 0) is 9.59 Å². The predicted molar refractivity (Wildman–Crippen MR) is 83.4 cm³/mol. The van der Waals surface area contributed by atoms with E-state index in [4.69, 9.17) is 11.6 Å². The summed E-state index contributed by atoms with van der Waals surface area (Å²) in [6.07, 6.45) is 2.12. The first-order valence-corrected chi connectivity index (χ1v) is 7.52. The first kappa shape index (κ1) is 15.8. The molecule has 0 saturated carbocycles. The highest BCUT2D eigenvalue weighted by molar-refractivity contribution is 6.33. The maximum Gasteiger partial charge on any atom is 0.239 e. The summed E-state index contributed by atoms with van der Waals surface area (Å²) >= 11 is 5.97. The molecule has 0 radical (unpaired) electrons. The lowest BCUT2D eigenvalue weighted by molar-refractivity contribution is -0.132. The van der Waals surface area contributed by atoms with Crippen LogP contribution >= 0.6 is 11.6 Å². The van der Waals surface area contributed by atoms with Crippen LogP contribution in [0.15, 0.2) is 24.3 Å². The third-order valence-corrected chi connectivity index (χ3v) is 3.83. The minimum absolute atomic E-state index is 0.0537. The second-order valence-corrected chi connectivity index (χ2v) is 5.57. The van der Waals surface area contributed by atoms with Crippen molar-refractivity contribution in [2.24, 2.45) is 0 Å². The summed E-state index contributed by atoms with van der Waals surface area (Å²) in [7, 11) is 0. The molecular weight excluding hydrogens is 290 g/mol. The van der Waals surface area contributed by atoms with Gasteiger partial charge in [-0.1, -0.05) is 23.7 Å². The van der Waals surface area contributed by atoms with Crippen molar-refractivity contribution in [2.75, 3.05) is 25.0 Å². The van der Waals surface area contributed by atoms with Crippen molar-refractivity contribution in [3.05, 3.63) is 29.3 Å². The Labute approximate surface area is 129 Å². The molecule has 0 bridgehead atoms. The Morgan fingerprint density at radius 2 is 1.95 bits per heavy atom. The molecule has 1 fully saturated rings. The first-order chi connectivity index (χ1) is 10.1. The van der Waals surface area contributed by atoms with E-state index in [1.54, 1.807) is 31.2 Å². The molecule has 2 amide bonds. The van der Waals surface area contributed by atoms with Crippen LogP contribution in [0.2, 0.25) is 5.02 Å². The Bertz CT molecular complexity index is 515. The molecule has 2 rings (SSSR count). The average molecular weight is 310 g/mol. The molecule has 21 heavy (non-hydrogen) atoms. The van der Waals surface area contributed by atoms with Gasteiger partial charge in [0.05, 0.1) is 23.3 Å². The van der Waals surface area contributed by atoms with E-state index in [1.807, 2.05) is 4.90 Å². The van der Waals surface area contributed by atoms with Crippen molar-refractivity contribution in [1.82, 2.24) is 10.2 Å². The maximum atomic E-state index is 12.1. The van der Waals surface area contributed by atoms with Crippen LogP contribution in [-0.4, -0.2) is 42.4 Å². The third kappa shape index (κ3) is 4.44. The molecule has 1 heterocycles. The van der Waals surface area contributed by atoms with Crippen molar-refractivity contribution in [3.63, 3.8) is 0 Å². The molecule has 0 aliphatic carbocycles. The van der Waals surface area contributed by atoms with Gasteiger partial charge in [-0.05, 0) is 31.9 Å². The molecule has 0 aromatic heterocycles. The van der Waals surface area contributed by atoms with Crippen LogP contribution in [0.5, 0.6) is 0 Å². The summed E-state index contributed by atoms with van der Waals surface area (Å²) in [6, 6.07) is 6.69. The number of carbonyl (C=O) groups is 2. The normalized spacial score (nSPS) is 15.8. The number of nitrogens with zero attached hydrogens (tertiary/aromatic N) is 1. The first-order valence-electron chi connectivity index (χ1n) is 7.14. The topological polar surface area (TPSA) is 61.4 Å². The van der Waals surface area contributed by atoms with Gasteiger partial charge in [0.25, 0.3) is 0 Å². The van der Waals surface area contributed by atoms with Gasteiger partial charge in [0.1, 0.15) is 0 Å². The number of likely N-dealkylation sites (tertiary alicyclic amines) is 1. The van der Waals surface area contributed by atoms with E-state index in [0.717, 1.165) is 25.9 Å². The summed E-state index contributed by atoms with van der Waals surface area (Å²) in [5.74, 6) is -0.165. The highest BCUT2D eigenvalue weighted by atomic mass is 35.5. The van der Waals surface area contributed by atoms with E-state index in [9.17, 15) is 9.59 Å². The lowest BCUT2D eigenvalue weighted by Gasteiger charge is -2.21. The van der Waals surface area contributed by atoms with Gasteiger partial charge in [-0.15, -0.1) is 0 Å². The molecule has 1 unspecified atom stereocenters. The zero-order valence-electron chi connectivity index (χ0n) is 12.1. The molecule has 1 aliphatic rings. The van der Waals surface area contributed by atoms with E-state index < -0.39 is 0 Å². The second kappa shape index (κ2) is 7.43. The zero-order chi connectivity index (χ0) is 15.2. The van der Waals surface area contributed by atoms with Crippen molar-refractivity contribution in [1.29, 1.82) is 0 Å². The van der Waals surface area contributed by atoms with Gasteiger partial charge in [0.15, 0.2) is 0 Å². The number of hydrogen-bond acceptors (Lipinski definition) is 3. The highest BCUT2D eigenvalue weighted by Crippen LogP contribution is 2.20. The fourth-order valence-corrected chi connectivity index (χ4v) is 2.48. The van der Waals surface area contributed by atoms with Crippen molar-refractivity contribution >= 4 is 29.1 Å². The number of halogens is 1. The van der Waals surface area contributed by atoms with E-state index >= 15 is 0 Å². The van der Waals surface area contributed by atoms with Crippen molar-refractivity contribution in [2.45, 2.75) is 25.8 Å². The number of anilines is 1. The maximum absolute atomic E-state index is 12.1. The van der Waals surface area contributed by atoms with Gasteiger partial charge in [-0.2, -0.15) is 0 Å². The Kier molecular flexibility index (Phi) is 5.59. The Balaban J connectivity index is 1.78. The molecule has 1 aromatic rings. The van der Waals surface area contributed by atoms with Crippen LogP contribution < -0.4 is 10.6 Å². The third-order valence-electron chi connectivity index (χ3n) is 3.50. The predicted octanol–water partition coefficient (Wildman–Crippen LogP) is 1.88. The summed E-state index contributed by atoms with van der Waals surface area (Å²) in [5.41, 5.74) is 0.574. The molecule has 1 atom stereocenters. The number of hydrogen-bond donors (Lipinski definition) is 2. The SMILES string of the molecule is CC(NCC(=O)Nc1ccccc1Cl)C(=O)N1CCCC1. The molecule has 1 aliphatic heterocycles. The molecule has 1 saturated heterocycles. The van der Waals surface area contributed by atoms with Crippen molar-refractivity contribution < 1.29 is 9.59 Å². The smallest absolute Gasteiger partial charge is 0.239 e.